The van der Waals surface area contributed by atoms with Crippen molar-refractivity contribution in [3.8, 4) is 47.4 Å². The van der Waals surface area contributed by atoms with E-state index < -0.39 is 46.6 Å². The Labute approximate surface area is 395 Å². The van der Waals surface area contributed by atoms with Gasteiger partial charge in [0, 0.05) is 89.3 Å². The third kappa shape index (κ3) is 12.2. The Bertz CT molecular complexity index is 2720. The predicted octanol–water partition coefficient (Wildman–Crippen LogP) is 1.56. The van der Waals surface area contributed by atoms with E-state index in [1.807, 2.05) is 12.1 Å². The van der Waals surface area contributed by atoms with Crippen LogP contribution in [0.1, 0.15) is 94.6 Å². The van der Waals surface area contributed by atoms with Gasteiger partial charge >= 0.3 is 0 Å². The number of hydrogen-bond acceptors (Lipinski definition) is 15. The van der Waals surface area contributed by atoms with E-state index in [4.69, 9.17) is 10.4 Å². The molecule has 66 heavy (non-hydrogen) atoms. The quantitative estimate of drug-likeness (QED) is 0.109. The molecule has 21 heteroatoms. The molecule has 2 atom stereocenters. The fourth-order valence-corrected chi connectivity index (χ4v) is 11.2. The first-order valence-electron chi connectivity index (χ1n) is 21.0. The second-order valence-electron chi connectivity index (χ2n) is 18.3. The molecule has 356 valence electrons. The van der Waals surface area contributed by atoms with Crippen molar-refractivity contribution in [2.45, 2.75) is 88.6 Å². The molecule has 2 fully saturated rings. The van der Waals surface area contributed by atoms with Crippen LogP contribution in [0.2, 0.25) is 0 Å². The maximum absolute atomic E-state index is 12.7. The van der Waals surface area contributed by atoms with Crippen LogP contribution in [0.3, 0.4) is 0 Å². The standard InChI is InChI=1S/C23H29N3O6S2.C22H27N3O5S2/c1-22(2,29)15-25-12-16(13-25)7-5-6-8-18-11-17-14-26(20(27)19(17)33-18)10-9-23(3,21(28)24-30)34(4,31)32;1-15(2)25-12-16(13-25)7-5-6-8-18-11-17-14-24(20(26)19(17)31-18)10-9-22(3,21(27)23-28)32(4,29)30/h11,16,29-30H,9-10,12-15H2,1-4H3,(H,24,28);11,15-16,28H,9-10,12-14H2,1-4H3,(H,23,27)/t;22-/m.1/s1. The number of aliphatic hydroxyl groups is 1. The maximum atomic E-state index is 12.7. The first-order chi connectivity index (χ1) is 30.7. The average Bonchev–Trinajstić information content (AvgIpc) is 3.94. The zero-order chi connectivity index (χ0) is 49.0. The van der Waals surface area contributed by atoms with Gasteiger partial charge < -0.3 is 14.9 Å². The summed E-state index contributed by atoms with van der Waals surface area (Å²) in [6, 6.07) is 4.22. The molecule has 0 bridgehead atoms. The Balaban J connectivity index is 0.000000248. The summed E-state index contributed by atoms with van der Waals surface area (Å²) in [4.78, 5) is 59.5. The highest BCUT2D eigenvalue weighted by Gasteiger charge is 2.46. The largest absolute Gasteiger partial charge is 0.389 e. The zero-order valence-electron chi connectivity index (χ0n) is 38.2. The molecule has 4 aliphatic heterocycles. The summed E-state index contributed by atoms with van der Waals surface area (Å²) in [5, 5.41) is 27.7. The number of likely N-dealkylation sites (tertiary alicyclic amines) is 2. The lowest BCUT2D eigenvalue weighted by Gasteiger charge is -2.39. The Hall–Kier alpha value is -4.78. The number of amides is 4. The molecule has 5 N–H and O–H groups in total. The third-order valence-electron chi connectivity index (χ3n) is 12.1. The van der Waals surface area contributed by atoms with Crippen molar-refractivity contribution in [2.75, 3.05) is 58.3 Å². The van der Waals surface area contributed by atoms with Crippen LogP contribution in [0.25, 0.3) is 0 Å². The molecule has 2 aromatic heterocycles. The van der Waals surface area contributed by atoms with E-state index in [2.05, 4.69) is 71.0 Å². The Morgan fingerprint density at radius 1 is 0.727 bits per heavy atom. The Kier molecular flexibility index (Phi) is 16.3. The van der Waals surface area contributed by atoms with E-state index >= 15 is 0 Å². The van der Waals surface area contributed by atoms with Crippen LogP contribution in [0.4, 0.5) is 0 Å². The third-order valence-corrected chi connectivity index (χ3v) is 18.3. The van der Waals surface area contributed by atoms with Crippen molar-refractivity contribution < 1.29 is 51.5 Å². The van der Waals surface area contributed by atoms with E-state index in [0.717, 1.165) is 59.6 Å². The molecule has 6 rings (SSSR count). The fraction of sp³-hybridized carbons (Fsp3) is 0.556. The van der Waals surface area contributed by atoms with Crippen LogP contribution >= 0.6 is 22.7 Å². The number of carbonyl (C=O) groups is 4. The molecular weight excluding hydrogens is 929 g/mol. The number of hydrogen-bond donors (Lipinski definition) is 5. The van der Waals surface area contributed by atoms with Gasteiger partial charge in [0.05, 0.1) is 25.1 Å². The van der Waals surface area contributed by atoms with Crippen molar-refractivity contribution in [1.29, 1.82) is 0 Å². The second kappa shape index (κ2) is 20.6. The topological polar surface area (TPSA) is 234 Å². The smallest absolute Gasteiger partial charge is 0.264 e. The van der Waals surface area contributed by atoms with Crippen LogP contribution in [0.15, 0.2) is 12.1 Å². The van der Waals surface area contributed by atoms with E-state index in [0.29, 0.717) is 41.3 Å². The molecule has 0 saturated carbocycles. The molecule has 17 nitrogen and oxygen atoms in total. The first-order valence-corrected chi connectivity index (χ1v) is 26.5. The molecule has 1 unspecified atom stereocenters. The molecule has 4 amide bonds. The number of nitrogens with one attached hydrogen (secondary N) is 2. The van der Waals surface area contributed by atoms with Gasteiger partial charge in [-0.2, -0.15) is 0 Å². The summed E-state index contributed by atoms with van der Waals surface area (Å²) in [5.74, 6) is 21.8. The monoisotopic (exact) mass is 984 g/mol. The molecule has 2 saturated heterocycles. The number of fused-ring (bicyclic) bond motifs is 2. The summed E-state index contributed by atoms with van der Waals surface area (Å²) >= 11 is 2.55. The van der Waals surface area contributed by atoms with Gasteiger partial charge in [-0.3, -0.25) is 39.4 Å². The number of β-amino-alcohol motifs (C(OH)–C–C–N with tert-alkyl or cyclic N) is 1. The fourth-order valence-electron chi connectivity index (χ4n) is 7.47. The summed E-state index contributed by atoms with van der Waals surface area (Å²) in [6.45, 7) is 15.3. The summed E-state index contributed by atoms with van der Waals surface area (Å²) in [6.07, 6.45) is 1.59. The highest BCUT2D eigenvalue weighted by atomic mass is 32.2. The van der Waals surface area contributed by atoms with Crippen molar-refractivity contribution in [2.24, 2.45) is 11.8 Å². The average molecular weight is 985 g/mol. The lowest BCUT2D eigenvalue weighted by atomic mass is 9.98. The molecule has 6 heterocycles. The summed E-state index contributed by atoms with van der Waals surface area (Å²) in [5.41, 5.74) is 3.75. The van der Waals surface area contributed by atoms with Gasteiger partial charge in [0.25, 0.3) is 23.6 Å². The maximum Gasteiger partial charge on any atom is 0.264 e. The van der Waals surface area contributed by atoms with Crippen LogP contribution in [-0.2, 0) is 42.4 Å². The van der Waals surface area contributed by atoms with E-state index in [1.165, 1.54) is 57.3 Å². The minimum atomic E-state index is -3.83. The number of rotatable bonds is 13. The number of carbonyl (C=O) groups excluding carboxylic acids is 4. The van der Waals surface area contributed by atoms with Gasteiger partial charge in [-0.05, 0) is 113 Å². The Morgan fingerprint density at radius 3 is 1.45 bits per heavy atom. The van der Waals surface area contributed by atoms with Gasteiger partial charge in [0.2, 0.25) is 0 Å². The van der Waals surface area contributed by atoms with Gasteiger partial charge in [0.1, 0.15) is 0 Å². The highest BCUT2D eigenvalue weighted by molar-refractivity contribution is 7.93. The second-order valence-corrected chi connectivity index (χ2v) is 25.3. The molecule has 0 aliphatic carbocycles. The predicted molar refractivity (Wildman–Crippen MR) is 249 cm³/mol. The molecule has 4 aliphatic rings. The molecule has 2 aromatic rings. The number of thiophene rings is 2. The number of hydroxylamine groups is 2. The highest BCUT2D eigenvalue weighted by Crippen LogP contribution is 2.34. The minimum absolute atomic E-state index is 0.0512. The molecule has 0 aromatic carbocycles. The van der Waals surface area contributed by atoms with Gasteiger partial charge in [-0.1, -0.05) is 11.8 Å². The van der Waals surface area contributed by atoms with Gasteiger partial charge in [-0.25, -0.2) is 27.8 Å². The summed E-state index contributed by atoms with van der Waals surface area (Å²) in [7, 11) is -7.64. The first kappa shape index (κ1) is 52.2. The van der Waals surface area contributed by atoms with Crippen molar-refractivity contribution in [3.63, 3.8) is 0 Å². The zero-order valence-corrected chi connectivity index (χ0v) is 41.5. The van der Waals surface area contributed by atoms with Crippen LogP contribution in [0.5, 0.6) is 0 Å². The van der Waals surface area contributed by atoms with E-state index in [1.54, 1.807) is 13.8 Å². The van der Waals surface area contributed by atoms with Crippen LogP contribution in [-0.4, -0.2) is 155 Å². The normalized spacial score (nSPS) is 18.2. The molecule has 0 spiro atoms. The van der Waals surface area contributed by atoms with E-state index in [-0.39, 0.29) is 43.7 Å². The molecular formula is C45H56N6O11S4. The van der Waals surface area contributed by atoms with Crippen molar-refractivity contribution >= 4 is 66.0 Å². The lowest BCUT2D eigenvalue weighted by Crippen LogP contribution is -2.51. The molecule has 0 radical (unpaired) electrons. The van der Waals surface area contributed by atoms with Gasteiger partial charge in [-0.15, -0.1) is 22.7 Å². The minimum Gasteiger partial charge on any atom is -0.389 e. The van der Waals surface area contributed by atoms with Crippen LogP contribution < -0.4 is 11.0 Å². The van der Waals surface area contributed by atoms with Gasteiger partial charge in [0.15, 0.2) is 29.2 Å². The van der Waals surface area contributed by atoms with E-state index in [9.17, 15) is 41.1 Å². The number of sulfone groups is 2. The van der Waals surface area contributed by atoms with Crippen molar-refractivity contribution in [1.82, 2.24) is 30.6 Å². The number of nitrogens with zero attached hydrogens (tertiary/aromatic N) is 4. The Morgan fingerprint density at radius 2 is 1.12 bits per heavy atom. The lowest BCUT2D eigenvalue weighted by molar-refractivity contribution is -0.132. The SMILES string of the molecule is CC(C)(O)CN1CC(C#CC#Cc2cc3c(s2)C(=O)N(CCC(C)(C(=O)NO)S(C)(=O)=O)C3)C1.CC(C)N1CC(C#CC#Cc2cc3c(s2)C(=O)N(CC[C@](C)(C(=O)NO)S(C)(=O)=O)C3)C1. The van der Waals surface area contributed by atoms with Crippen LogP contribution in [0, 0.1) is 59.2 Å². The summed E-state index contributed by atoms with van der Waals surface area (Å²) < 4.78 is 44.7. The van der Waals surface area contributed by atoms with Crippen molar-refractivity contribution in [3.05, 3.63) is 42.8 Å².